The van der Waals surface area contributed by atoms with Crippen molar-refractivity contribution in [2.24, 2.45) is 0 Å². The third-order valence-corrected chi connectivity index (χ3v) is 3.42. The van der Waals surface area contributed by atoms with Crippen LogP contribution >= 0.6 is 0 Å². The number of ketones is 1. The van der Waals surface area contributed by atoms with E-state index < -0.39 is 0 Å². The van der Waals surface area contributed by atoms with Gasteiger partial charge in [0.1, 0.15) is 11.4 Å². The number of aryl methyl sites for hydroxylation is 1. The number of allylic oxidation sites excluding steroid dienone is 1. The highest BCUT2D eigenvalue weighted by atomic mass is 16.5. The van der Waals surface area contributed by atoms with Gasteiger partial charge in [-0.15, -0.1) is 0 Å². The molecular weight excluding hydrogens is 296 g/mol. The number of rotatable bonds is 7. The Kier molecular flexibility index (Phi) is 5.41. The fourth-order valence-corrected chi connectivity index (χ4v) is 2.23. The summed E-state index contributed by atoms with van der Waals surface area (Å²) < 4.78 is 17.5. The number of nitrogens with zero attached hydrogens (tertiary/aromatic N) is 2. The smallest absolute Gasteiger partial charge is 0.203 e. The van der Waals surface area contributed by atoms with Gasteiger partial charge < -0.3 is 14.2 Å². The van der Waals surface area contributed by atoms with Crippen molar-refractivity contribution in [1.82, 2.24) is 9.78 Å². The van der Waals surface area contributed by atoms with Crippen LogP contribution in [0, 0.1) is 0 Å². The molecule has 6 nitrogen and oxygen atoms in total. The van der Waals surface area contributed by atoms with Crippen LogP contribution in [0.3, 0.4) is 0 Å². The quantitative estimate of drug-likeness (QED) is 0.580. The zero-order valence-corrected chi connectivity index (χ0v) is 13.7. The van der Waals surface area contributed by atoms with Crippen molar-refractivity contribution in [3.63, 3.8) is 0 Å². The summed E-state index contributed by atoms with van der Waals surface area (Å²) in [4.78, 5) is 12.3. The van der Waals surface area contributed by atoms with E-state index >= 15 is 0 Å². The van der Waals surface area contributed by atoms with Gasteiger partial charge in [0.25, 0.3) is 0 Å². The van der Waals surface area contributed by atoms with Crippen LogP contribution < -0.4 is 14.2 Å². The zero-order valence-electron chi connectivity index (χ0n) is 13.7. The maximum atomic E-state index is 12.3. The number of hydrogen-bond donors (Lipinski definition) is 0. The van der Waals surface area contributed by atoms with Gasteiger partial charge in [-0.2, -0.15) is 5.10 Å². The summed E-state index contributed by atoms with van der Waals surface area (Å²) in [7, 11) is 4.68. The normalized spacial score (nSPS) is 10.8. The largest absolute Gasteiger partial charge is 0.496 e. The number of carbonyl (C=O) groups excluding carboxylic acids is 1. The van der Waals surface area contributed by atoms with Gasteiger partial charge in [0.05, 0.1) is 21.3 Å². The van der Waals surface area contributed by atoms with Crippen LogP contribution in [-0.2, 0) is 6.54 Å². The van der Waals surface area contributed by atoms with Gasteiger partial charge in [0.15, 0.2) is 11.5 Å². The molecule has 1 aromatic carbocycles. The van der Waals surface area contributed by atoms with Gasteiger partial charge in [0, 0.05) is 24.4 Å². The minimum Gasteiger partial charge on any atom is -0.496 e. The average molecular weight is 316 g/mol. The third kappa shape index (κ3) is 3.53. The Morgan fingerprint density at radius 1 is 1.13 bits per heavy atom. The Bertz CT molecular complexity index is 719. The van der Waals surface area contributed by atoms with Crippen LogP contribution in [0.25, 0.3) is 6.08 Å². The molecule has 2 rings (SSSR count). The Hall–Kier alpha value is -2.76. The molecule has 0 atom stereocenters. The molecule has 0 spiro atoms. The number of hydrogen-bond acceptors (Lipinski definition) is 5. The molecule has 0 saturated carbocycles. The lowest BCUT2D eigenvalue weighted by Crippen LogP contribution is -2.07. The van der Waals surface area contributed by atoms with Crippen molar-refractivity contribution in [3.8, 4) is 17.2 Å². The number of methoxy groups -OCH3 is 3. The molecule has 0 fully saturated rings. The van der Waals surface area contributed by atoms with E-state index in [2.05, 4.69) is 5.10 Å². The third-order valence-electron chi connectivity index (χ3n) is 3.42. The van der Waals surface area contributed by atoms with E-state index in [1.807, 2.05) is 6.92 Å². The molecule has 0 aliphatic carbocycles. The summed E-state index contributed by atoms with van der Waals surface area (Å²) in [6.45, 7) is 2.58. The minimum absolute atomic E-state index is 0.124. The van der Waals surface area contributed by atoms with Crippen LogP contribution in [0.5, 0.6) is 17.2 Å². The number of carbonyl (C=O) groups is 1. The first-order valence-corrected chi connectivity index (χ1v) is 7.18. The first-order chi connectivity index (χ1) is 11.1. The lowest BCUT2D eigenvalue weighted by Gasteiger charge is -2.12. The maximum Gasteiger partial charge on any atom is 0.203 e. The first kappa shape index (κ1) is 16.6. The Morgan fingerprint density at radius 3 is 2.39 bits per heavy atom. The molecule has 0 aliphatic rings. The topological polar surface area (TPSA) is 62.6 Å². The summed E-state index contributed by atoms with van der Waals surface area (Å²) in [5.74, 6) is 1.60. The molecule has 0 N–H and O–H groups in total. The number of aromatic nitrogens is 2. The molecule has 0 aliphatic heterocycles. The molecule has 1 heterocycles. The zero-order chi connectivity index (χ0) is 16.8. The minimum atomic E-state index is -0.124. The van der Waals surface area contributed by atoms with E-state index in [-0.39, 0.29) is 5.78 Å². The Balaban J connectivity index is 2.33. The van der Waals surface area contributed by atoms with Crippen molar-refractivity contribution in [3.05, 3.63) is 41.7 Å². The molecule has 122 valence electrons. The van der Waals surface area contributed by atoms with Crippen LogP contribution in [0.1, 0.15) is 23.0 Å². The van der Waals surface area contributed by atoms with Gasteiger partial charge >= 0.3 is 0 Å². The molecule has 0 unspecified atom stereocenters. The molecule has 0 radical (unpaired) electrons. The fourth-order valence-electron chi connectivity index (χ4n) is 2.23. The van der Waals surface area contributed by atoms with E-state index in [0.29, 0.717) is 29.5 Å². The second-order valence-electron chi connectivity index (χ2n) is 4.68. The SMILES string of the molecule is CCn1nccc1C(=O)/C=C/c1cc(OC)c(OC)cc1OC. The average Bonchev–Trinajstić information content (AvgIpc) is 3.07. The Labute approximate surface area is 135 Å². The predicted molar refractivity (Wildman–Crippen MR) is 87.4 cm³/mol. The van der Waals surface area contributed by atoms with E-state index in [0.717, 1.165) is 5.56 Å². The van der Waals surface area contributed by atoms with Crippen LogP contribution in [0.15, 0.2) is 30.5 Å². The van der Waals surface area contributed by atoms with E-state index in [1.165, 1.54) is 6.08 Å². The van der Waals surface area contributed by atoms with Crippen LogP contribution in [0.4, 0.5) is 0 Å². The summed E-state index contributed by atoms with van der Waals surface area (Å²) in [6.07, 6.45) is 4.80. The summed E-state index contributed by atoms with van der Waals surface area (Å²) in [5.41, 5.74) is 1.27. The van der Waals surface area contributed by atoms with Gasteiger partial charge in [-0.25, -0.2) is 0 Å². The van der Waals surface area contributed by atoms with E-state index in [4.69, 9.17) is 14.2 Å². The van der Waals surface area contributed by atoms with E-state index in [9.17, 15) is 4.79 Å². The van der Waals surface area contributed by atoms with Gasteiger partial charge in [-0.3, -0.25) is 9.48 Å². The van der Waals surface area contributed by atoms with Crippen molar-refractivity contribution in [2.45, 2.75) is 13.5 Å². The highest BCUT2D eigenvalue weighted by Crippen LogP contribution is 2.35. The lowest BCUT2D eigenvalue weighted by atomic mass is 10.1. The molecule has 1 aromatic heterocycles. The molecule has 6 heteroatoms. The monoisotopic (exact) mass is 316 g/mol. The van der Waals surface area contributed by atoms with Crippen LogP contribution in [0.2, 0.25) is 0 Å². The standard InChI is InChI=1S/C17H20N2O4/c1-5-19-13(8-9-18-19)14(20)7-6-12-10-16(22-3)17(23-4)11-15(12)21-2/h6-11H,5H2,1-4H3/b7-6+. The molecule has 0 amide bonds. The number of benzene rings is 1. The van der Waals surface area contributed by atoms with Crippen molar-refractivity contribution < 1.29 is 19.0 Å². The van der Waals surface area contributed by atoms with Gasteiger partial charge in [-0.05, 0) is 31.2 Å². The molecule has 0 saturated heterocycles. The number of ether oxygens (including phenoxy) is 3. The molecule has 0 bridgehead atoms. The van der Waals surface area contributed by atoms with Crippen molar-refractivity contribution in [1.29, 1.82) is 0 Å². The van der Waals surface area contributed by atoms with Crippen molar-refractivity contribution in [2.75, 3.05) is 21.3 Å². The summed E-state index contributed by atoms with van der Waals surface area (Å²) in [6, 6.07) is 5.18. The van der Waals surface area contributed by atoms with Gasteiger partial charge in [-0.1, -0.05) is 0 Å². The Morgan fingerprint density at radius 2 is 1.78 bits per heavy atom. The maximum absolute atomic E-state index is 12.3. The first-order valence-electron chi connectivity index (χ1n) is 7.18. The molecule has 23 heavy (non-hydrogen) atoms. The molecular formula is C17H20N2O4. The van der Waals surface area contributed by atoms with E-state index in [1.54, 1.807) is 56.5 Å². The second kappa shape index (κ2) is 7.49. The summed E-state index contributed by atoms with van der Waals surface area (Å²) >= 11 is 0. The van der Waals surface area contributed by atoms with Crippen LogP contribution in [-0.4, -0.2) is 36.9 Å². The highest BCUT2D eigenvalue weighted by Gasteiger charge is 2.12. The molecule has 2 aromatic rings. The highest BCUT2D eigenvalue weighted by molar-refractivity contribution is 6.05. The predicted octanol–water partition coefficient (Wildman–Crippen LogP) is 2.82. The fraction of sp³-hybridized carbons (Fsp3) is 0.294. The lowest BCUT2D eigenvalue weighted by molar-refractivity contribution is 0.103. The van der Waals surface area contributed by atoms with Crippen molar-refractivity contribution >= 4 is 11.9 Å². The second-order valence-corrected chi connectivity index (χ2v) is 4.68. The summed E-state index contributed by atoms with van der Waals surface area (Å²) in [5, 5.41) is 4.10. The van der Waals surface area contributed by atoms with Gasteiger partial charge in [0.2, 0.25) is 5.78 Å².